The molecule has 0 unspecified atom stereocenters. The molecule has 0 saturated heterocycles. The molecule has 1 aromatic heterocycles. The summed E-state index contributed by atoms with van der Waals surface area (Å²) in [5, 5.41) is 2.56. The smallest absolute Gasteiger partial charge is 0.252 e. The third-order valence-corrected chi connectivity index (χ3v) is 5.22. The fourth-order valence-corrected chi connectivity index (χ4v) is 3.56. The summed E-state index contributed by atoms with van der Waals surface area (Å²) in [6.07, 6.45) is 3.26. The summed E-state index contributed by atoms with van der Waals surface area (Å²) in [5.74, 6) is -3.18. The fourth-order valence-electron chi connectivity index (χ4n) is 2.78. The number of fused-ring (bicyclic) bond motifs is 1. The zero-order chi connectivity index (χ0) is 16.1. The van der Waals surface area contributed by atoms with Crippen LogP contribution in [0, 0.1) is 0 Å². The molecule has 7 nitrogen and oxygen atoms in total. The summed E-state index contributed by atoms with van der Waals surface area (Å²) >= 11 is 0. The molecule has 0 bridgehead atoms. The molecule has 1 amide bonds. The van der Waals surface area contributed by atoms with Crippen LogP contribution in [0.4, 0.5) is 8.78 Å². The summed E-state index contributed by atoms with van der Waals surface area (Å²) in [6, 6.07) is -1.36. The molecule has 1 aromatic rings. The van der Waals surface area contributed by atoms with Gasteiger partial charge in [0.2, 0.25) is 15.9 Å². The molecule has 0 spiro atoms. The zero-order valence-electron chi connectivity index (χ0n) is 11.9. The minimum Gasteiger partial charge on any atom is -0.351 e. The Labute approximate surface area is 126 Å². The molecule has 1 atom stereocenters. The molecular weight excluding hydrogens is 318 g/mol. The number of hydrogen-bond acceptors (Lipinski definition) is 4. The highest BCUT2D eigenvalue weighted by Gasteiger charge is 2.47. The van der Waals surface area contributed by atoms with Gasteiger partial charge in [0.05, 0.1) is 24.8 Å². The van der Waals surface area contributed by atoms with E-state index < -0.39 is 33.9 Å². The van der Waals surface area contributed by atoms with Gasteiger partial charge in [-0.1, -0.05) is 0 Å². The van der Waals surface area contributed by atoms with Crippen molar-refractivity contribution in [2.24, 2.45) is 0 Å². The van der Waals surface area contributed by atoms with Crippen LogP contribution in [0.2, 0.25) is 0 Å². The van der Waals surface area contributed by atoms with Crippen molar-refractivity contribution in [2.75, 3.05) is 12.8 Å². The largest absolute Gasteiger partial charge is 0.351 e. The number of carbonyl (C=O) groups excluding carboxylic acids is 1. The van der Waals surface area contributed by atoms with E-state index in [4.69, 9.17) is 0 Å². The number of imidazole rings is 1. The topological polar surface area (TPSA) is 84.3 Å². The normalized spacial score (nSPS) is 25.3. The molecular formula is C12H16F2N4O3S. The van der Waals surface area contributed by atoms with Gasteiger partial charge in [0.15, 0.2) is 0 Å². The monoisotopic (exact) mass is 334 g/mol. The van der Waals surface area contributed by atoms with E-state index in [-0.39, 0.29) is 25.9 Å². The fraction of sp³-hybridized carbons (Fsp3) is 0.667. The number of halogens is 2. The van der Waals surface area contributed by atoms with E-state index in [1.807, 2.05) is 0 Å². The molecule has 1 aliphatic carbocycles. The Morgan fingerprint density at radius 3 is 2.73 bits per heavy atom. The van der Waals surface area contributed by atoms with Gasteiger partial charge in [0, 0.05) is 31.6 Å². The highest BCUT2D eigenvalue weighted by Crippen LogP contribution is 2.37. The van der Waals surface area contributed by atoms with E-state index in [0.717, 1.165) is 6.26 Å². The maximum atomic E-state index is 12.8. The molecule has 1 aliphatic heterocycles. The SMILES string of the molecule is CS(=O)(=O)N1Cc2cncn2[C@@H](C(=O)NC2CC(F)(F)C2)C1. The Hall–Kier alpha value is -1.55. The van der Waals surface area contributed by atoms with Crippen LogP contribution in [0.1, 0.15) is 24.6 Å². The molecule has 1 saturated carbocycles. The predicted octanol–water partition coefficient (Wildman–Crippen LogP) is 0.113. The van der Waals surface area contributed by atoms with E-state index in [2.05, 4.69) is 10.3 Å². The average Bonchev–Trinajstić information content (AvgIpc) is 2.82. The van der Waals surface area contributed by atoms with E-state index >= 15 is 0 Å². The second-order valence-corrected chi connectivity index (χ2v) is 7.82. The summed E-state index contributed by atoms with van der Waals surface area (Å²) < 4.78 is 51.9. The quantitative estimate of drug-likeness (QED) is 0.850. The van der Waals surface area contributed by atoms with Gasteiger partial charge in [-0.2, -0.15) is 4.31 Å². The summed E-state index contributed by atoms with van der Waals surface area (Å²) in [7, 11) is -3.46. The summed E-state index contributed by atoms with van der Waals surface area (Å²) in [6.45, 7) is 0.112. The van der Waals surface area contributed by atoms with Crippen LogP contribution in [0.3, 0.4) is 0 Å². The Morgan fingerprint density at radius 2 is 2.14 bits per heavy atom. The first-order valence-electron chi connectivity index (χ1n) is 6.80. The Kier molecular flexibility index (Phi) is 3.48. The van der Waals surface area contributed by atoms with Crippen LogP contribution in [0.25, 0.3) is 0 Å². The van der Waals surface area contributed by atoms with Crippen LogP contribution in [-0.2, 0) is 21.4 Å². The van der Waals surface area contributed by atoms with Gasteiger partial charge in [-0.15, -0.1) is 0 Å². The van der Waals surface area contributed by atoms with Crippen molar-refractivity contribution >= 4 is 15.9 Å². The van der Waals surface area contributed by atoms with Crippen molar-refractivity contribution in [3.63, 3.8) is 0 Å². The number of rotatable bonds is 3. The Balaban J connectivity index is 1.76. The third-order valence-electron chi connectivity index (χ3n) is 4.01. The number of hydrogen-bond donors (Lipinski definition) is 1. The minimum atomic E-state index is -3.46. The Morgan fingerprint density at radius 1 is 1.45 bits per heavy atom. The number of carbonyl (C=O) groups is 1. The molecule has 1 N–H and O–H groups in total. The van der Waals surface area contributed by atoms with E-state index in [9.17, 15) is 22.0 Å². The van der Waals surface area contributed by atoms with E-state index in [1.165, 1.54) is 16.8 Å². The standard InChI is InChI=1S/C12H16F2N4O3S/c1-22(20,21)17-5-9-4-15-7-18(9)10(6-17)11(19)16-8-2-12(13,14)3-8/h4,7-8,10H,2-3,5-6H2,1H3,(H,16,19)/t10-/m1/s1. The highest BCUT2D eigenvalue weighted by atomic mass is 32.2. The van der Waals surface area contributed by atoms with Crippen molar-refractivity contribution in [3.05, 3.63) is 18.2 Å². The van der Waals surface area contributed by atoms with Crippen molar-refractivity contribution in [1.82, 2.24) is 19.2 Å². The average molecular weight is 334 g/mol. The number of aromatic nitrogens is 2. The van der Waals surface area contributed by atoms with Crippen molar-refractivity contribution in [3.8, 4) is 0 Å². The molecule has 122 valence electrons. The highest BCUT2D eigenvalue weighted by molar-refractivity contribution is 7.88. The first kappa shape index (κ1) is 15.3. The van der Waals surface area contributed by atoms with Gasteiger partial charge in [-0.05, 0) is 0 Å². The van der Waals surface area contributed by atoms with Crippen LogP contribution < -0.4 is 5.32 Å². The van der Waals surface area contributed by atoms with Crippen molar-refractivity contribution < 1.29 is 22.0 Å². The van der Waals surface area contributed by atoms with E-state index in [0.29, 0.717) is 5.69 Å². The number of nitrogens with one attached hydrogen (secondary N) is 1. The number of amides is 1. The molecule has 1 fully saturated rings. The molecule has 3 rings (SSSR count). The lowest BCUT2D eigenvalue weighted by Crippen LogP contribution is -2.54. The van der Waals surface area contributed by atoms with Crippen molar-refractivity contribution in [1.29, 1.82) is 0 Å². The van der Waals surface area contributed by atoms with Crippen LogP contribution in [-0.4, -0.2) is 52.9 Å². The number of nitrogens with zero attached hydrogens (tertiary/aromatic N) is 3. The number of alkyl halides is 2. The minimum absolute atomic E-state index is 0.0306. The van der Waals surface area contributed by atoms with Gasteiger partial charge in [-0.25, -0.2) is 22.2 Å². The molecule has 10 heteroatoms. The maximum Gasteiger partial charge on any atom is 0.252 e. The predicted molar refractivity (Wildman–Crippen MR) is 72.6 cm³/mol. The first-order valence-corrected chi connectivity index (χ1v) is 8.64. The molecule has 0 radical (unpaired) electrons. The second kappa shape index (κ2) is 4.98. The van der Waals surface area contributed by atoms with Gasteiger partial charge < -0.3 is 9.88 Å². The van der Waals surface area contributed by atoms with Crippen LogP contribution >= 0.6 is 0 Å². The number of sulfonamides is 1. The van der Waals surface area contributed by atoms with Crippen molar-refractivity contribution in [2.45, 2.75) is 37.4 Å². The third kappa shape index (κ3) is 2.84. The summed E-state index contributed by atoms with van der Waals surface area (Å²) in [4.78, 5) is 16.3. The molecule has 0 aromatic carbocycles. The summed E-state index contributed by atoms with van der Waals surface area (Å²) in [5.41, 5.74) is 0.593. The molecule has 2 aliphatic rings. The lowest BCUT2D eigenvalue weighted by atomic mass is 9.88. The second-order valence-electron chi connectivity index (χ2n) is 5.83. The van der Waals surface area contributed by atoms with Gasteiger partial charge in [0.1, 0.15) is 6.04 Å². The van der Waals surface area contributed by atoms with Gasteiger partial charge in [0.25, 0.3) is 5.92 Å². The lowest BCUT2D eigenvalue weighted by molar-refractivity contribution is -0.132. The molecule has 2 heterocycles. The zero-order valence-corrected chi connectivity index (χ0v) is 12.7. The van der Waals surface area contributed by atoms with Gasteiger partial charge in [-0.3, -0.25) is 4.79 Å². The van der Waals surface area contributed by atoms with Crippen LogP contribution in [0.5, 0.6) is 0 Å². The van der Waals surface area contributed by atoms with E-state index in [1.54, 1.807) is 4.57 Å². The van der Waals surface area contributed by atoms with Crippen LogP contribution in [0.15, 0.2) is 12.5 Å². The maximum absolute atomic E-state index is 12.8. The molecule has 22 heavy (non-hydrogen) atoms. The lowest BCUT2D eigenvalue weighted by Gasteiger charge is -2.38. The van der Waals surface area contributed by atoms with Gasteiger partial charge >= 0.3 is 0 Å². The first-order chi connectivity index (χ1) is 10.2. The Bertz CT molecular complexity index is 695.